The number of ether oxygens (including phenoxy) is 1. The average Bonchev–Trinajstić information content (AvgIpc) is 1.96. The second-order valence-corrected chi connectivity index (χ2v) is 2.92. The normalized spacial score (nSPS) is 12.8. The van der Waals surface area contributed by atoms with Crippen LogP contribution in [-0.2, 0) is 13.8 Å². The number of nitrogens with one attached hydrogen (secondary N) is 1. The van der Waals surface area contributed by atoms with Gasteiger partial charge in [0.1, 0.15) is 0 Å². The van der Waals surface area contributed by atoms with Crippen molar-refractivity contribution in [3.63, 3.8) is 0 Å². The van der Waals surface area contributed by atoms with Crippen LogP contribution >= 0.6 is 7.82 Å². The van der Waals surface area contributed by atoms with E-state index in [1.807, 2.05) is 0 Å². The van der Waals surface area contributed by atoms with Crippen LogP contribution in [0.15, 0.2) is 0 Å². The molecule has 73 valence electrons. The van der Waals surface area contributed by atoms with E-state index in [0.717, 1.165) is 0 Å². The van der Waals surface area contributed by atoms with Crippen molar-refractivity contribution in [3.8, 4) is 0 Å². The third-order valence-electron chi connectivity index (χ3n) is 0.811. The minimum Gasteiger partial charge on any atom is -0.756 e. The van der Waals surface area contributed by atoms with Gasteiger partial charge in [-0.05, 0) is 0 Å². The summed E-state index contributed by atoms with van der Waals surface area (Å²) in [5.41, 5.74) is 0. The number of amides is 1. The number of alkyl carbamates (subject to hydrolysis) is 1. The van der Waals surface area contributed by atoms with E-state index in [4.69, 9.17) is 4.89 Å². The van der Waals surface area contributed by atoms with Gasteiger partial charge in [-0.1, -0.05) is 0 Å². The number of carbonyl (C=O) groups excluding carboxylic acids is 1. The van der Waals surface area contributed by atoms with Gasteiger partial charge in [0.25, 0.3) is 7.82 Å². The smallest absolute Gasteiger partial charge is 0.756 e. The summed E-state index contributed by atoms with van der Waals surface area (Å²) in [5.74, 6) is 0. The Morgan fingerprint density at radius 2 is 2.14 bits per heavy atom. The predicted octanol–water partition coefficient (Wildman–Crippen LogP) is -4.56. The van der Waals surface area contributed by atoms with Crippen LogP contribution in [0, 0.1) is 0 Å². The maximum Gasteiger partial charge on any atom is 1.00 e. The first kappa shape index (κ1) is 20.8. The number of rotatable bonds is 4. The van der Waals surface area contributed by atoms with Crippen molar-refractivity contribution in [1.82, 2.24) is 5.32 Å². The molecule has 14 heavy (non-hydrogen) atoms. The van der Waals surface area contributed by atoms with E-state index in [9.17, 15) is 14.3 Å². The van der Waals surface area contributed by atoms with Crippen molar-refractivity contribution < 1.29 is 58.0 Å². The monoisotopic (exact) mass is 244 g/mol. The zero-order valence-corrected chi connectivity index (χ0v) is 13.2. The molecule has 0 saturated heterocycles. The van der Waals surface area contributed by atoms with E-state index in [2.05, 4.69) is 14.6 Å². The topological polar surface area (TPSA) is 108 Å². The van der Waals surface area contributed by atoms with E-state index >= 15 is 0 Å². The zero-order chi connectivity index (χ0) is 9.61. The number of hydrogen-bond acceptors (Lipinski definition) is 5. The van der Waals surface area contributed by atoms with Gasteiger partial charge in [-0.15, -0.1) is 0 Å². The second kappa shape index (κ2) is 10.9. The summed E-state index contributed by atoms with van der Waals surface area (Å²) in [6.45, 7) is -0.383. The summed E-state index contributed by atoms with van der Waals surface area (Å²) in [5, 5.41) is 2.15. The molecule has 0 aliphatic carbocycles. The molecule has 1 radical (unpaired) electrons. The van der Waals surface area contributed by atoms with Crippen LogP contribution in [0.4, 0.5) is 4.79 Å². The van der Waals surface area contributed by atoms with Crippen LogP contribution in [-0.4, -0.2) is 60.8 Å². The number of phosphoric ester groups is 1. The quantitative estimate of drug-likeness (QED) is 0.293. The first-order chi connectivity index (χ1) is 5.45. The fourth-order valence-electron chi connectivity index (χ4n) is 0.386. The molecule has 10 heteroatoms. The van der Waals surface area contributed by atoms with Gasteiger partial charge in [0, 0.05) is 36.1 Å². The van der Waals surface area contributed by atoms with Crippen LogP contribution in [0.5, 0.6) is 0 Å². The fraction of sp³-hybridized carbons (Fsp3) is 0.750. The predicted molar refractivity (Wildman–Crippen MR) is 41.9 cm³/mol. The molecular weight excluding hydrogens is 235 g/mol. The van der Waals surface area contributed by atoms with Crippen molar-refractivity contribution >= 4 is 43.5 Å². The Labute approximate surface area is 126 Å². The molecule has 0 aromatic carbocycles. The molecule has 0 aliphatic heterocycles. The number of methoxy groups -OCH3 is 1. The standard InChI is InChI=1S/C4H10NO6P.2Na/c1-10-4(6)5-2-3-11-12(7,8)9;;/h2-3H2,1H3,(H,5,6)(H2,7,8,9);;/q;;+1/p-1. The number of hydrogen-bond donors (Lipinski definition) is 2. The fourth-order valence-corrected chi connectivity index (χ4v) is 0.708. The maximum absolute atomic E-state index is 10.3. The van der Waals surface area contributed by atoms with Gasteiger partial charge in [-0.2, -0.15) is 0 Å². The van der Waals surface area contributed by atoms with Gasteiger partial charge in [-0.25, -0.2) is 4.79 Å². The summed E-state index contributed by atoms with van der Waals surface area (Å²) in [6, 6.07) is 0. The van der Waals surface area contributed by atoms with Gasteiger partial charge in [-0.3, -0.25) is 4.57 Å². The first-order valence-electron chi connectivity index (χ1n) is 2.96. The first-order valence-corrected chi connectivity index (χ1v) is 4.45. The molecule has 0 aromatic rings. The molecule has 1 amide bonds. The number of phosphoric acid groups is 1. The van der Waals surface area contributed by atoms with Crippen molar-refractivity contribution in [3.05, 3.63) is 0 Å². The molecule has 0 spiro atoms. The van der Waals surface area contributed by atoms with E-state index in [0.29, 0.717) is 0 Å². The van der Waals surface area contributed by atoms with E-state index in [1.165, 1.54) is 7.11 Å². The maximum atomic E-state index is 10.3. The van der Waals surface area contributed by atoms with Gasteiger partial charge in [0.05, 0.1) is 13.7 Å². The molecule has 2 N–H and O–H groups in total. The van der Waals surface area contributed by atoms with Crippen molar-refractivity contribution in [1.29, 1.82) is 0 Å². The molecule has 0 aromatic heterocycles. The molecule has 0 heterocycles. The van der Waals surface area contributed by atoms with Gasteiger partial charge < -0.3 is 24.4 Å². The van der Waals surface area contributed by atoms with Crippen LogP contribution in [0.25, 0.3) is 0 Å². The van der Waals surface area contributed by atoms with Crippen LogP contribution in [0.3, 0.4) is 0 Å². The molecule has 0 rings (SSSR count). The largest absolute Gasteiger partial charge is 1.00 e. The van der Waals surface area contributed by atoms with Crippen molar-refractivity contribution in [2.45, 2.75) is 0 Å². The molecule has 0 aliphatic rings. The van der Waals surface area contributed by atoms with Crippen LogP contribution < -0.4 is 39.8 Å². The minimum atomic E-state index is -4.68. The van der Waals surface area contributed by atoms with Crippen molar-refractivity contribution in [2.24, 2.45) is 0 Å². The average molecular weight is 244 g/mol. The Kier molecular flexibility index (Phi) is 16.1. The molecule has 7 nitrogen and oxygen atoms in total. The molecule has 0 fully saturated rings. The van der Waals surface area contributed by atoms with Crippen LogP contribution in [0.1, 0.15) is 0 Å². The minimum absolute atomic E-state index is 0. The van der Waals surface area contributed by atoms with Crippen molar-refractivity contribution in [2.75, 3.05) is 20.3 Å². The van der Waals surface area contributed by atoms with Gasteiger partial charge >= 0.3 is 35.7 Å². The number of carbonyl (C=O) groups is 1. The molecule has 0 saturated carbocycles. The van der Waals surface area contributed by atoms with Gasteiger partial charge in [0.2, 0.25) is 0 Å². The summed E-state index contributed by atoms with van der Waals surface area (Å²) in [4.78, 5) is 28.4. The second-order valence-electron chi connectivity index (χ2n) is 1.72. The molecular formula is C4H9NNa2O6P. The summed E-state index contributed by atoms with van der Waals surface area (Å²) >= 11 is 0. The third kappa shape index (κ3) is 15.8. The van der Waals surface area contributed by atoms with E-state index in [-0.39, 0.29) is 72.3 Å². The zero-order valence-electron chi connectivity index (χ0n) is 8.35. The van der Waals surface area contributed by atoms with E-state index < -0.39 is 13.9 Å². The Bertz CT molecular complexity index is 196. The third-order valence-corrected chi connectivity index (χ3v) is 1.32. The Balaban J connectivity index is -0.000000605. The summed E-state index contributed by atoms with van der Waals surface area (Å²) in [7, 11) is -3.51. The van der Waals surface area contributed by atoms with Gasteiger partial charge in [0.15, 0.2) is 0 Å². The Morgan fingerprint density at radius 1 is 1.64 bits per heavy atom. The Hall–Kier alpha value is 1.38. The van der Waals surface area contributed by atoms with Crippen LogP contribution in [0.2, 0.25) is 0 Å². The molecule has 0 bridgehead atoms. The van der Waals surface area contributed by atoms with E-state index in [1.54, 1.807) is 0 Å². The summed E-state index contributed by atoms with van der Waals surface area (Å²) in [6.07, 6.45) is -0.697. The summed E-state index contributed by atoms with van der Waals surface area (Å²) < 4.78 is 18.0. The molecule has 1 unspecified atom stereocenters. The SMILES string of the molecule is COC(=O)NCCOP(=O)([O-])O.[Na+].[Na]. The Morgan fingerprint density at radius 3 is 2.50 bits per heavy atom. The molecule has 1 atom stereocenters.